The number of aromatic hydroxyl groups is 1. The molecular formula is C24H19N3OS. The van der Waals surface area contributed by atoms with E-state index in [1.165, 1.54) is 5.56 Å². The zero-order chi connectivity index (χ0) is 19.6. The number of nitrogens with zero attached hydrogens (tertiary/aromatic N) is 3. The quantitative estimate of drug-likeness (QED) is 0.468. The standard InChI is InChI=1S/C24H19N3OS/c28-23-14-8-7-13-19(23)20-15-22(18-11-5-2-6-12-18)27(26-20)24-25-21(16-29-24)17-9-3-1-4-10-17/h1-14,16,22,28H,15H2/t22-/m0/s1. The van der Waals surface area contributed by atoms with Gasteiger partial charge in [-0.2, -0.15) is 5.10 Å². The number of phenolic OH excluding ortho intramolecular Hbond substituents is 1. The smallest absolute Gasteiger partial charge is 0.207 e. The first-order chi connectivity index (χ1) is 14.3. The van der Waals surface area contributed by atoms with Crippen LogP contribution in [0.5, 0.6) is 5.75 Å². The van der Waals surface area contributed by atoms with E-state index >= 15 is 0 Å². The van der Waals surface area contributed by atoms with E-state index < -0.39 is 0 Å². The number of hydrogen-bond acceptors (Lipinski definition) is 5. The van der Waals surface area contributed by atoms with Crippen LogP contribution in [0.15, 0.2) is 95.4 Å². The second-order valence-electron chi connectivity index (χ2n) is 6.92. The van der Waals surface area contributed by atoms with Crippen LogP contribution < -0.4 is 5.01 Å². The Morgan fingerprint density at radius 2 is 1.55 bits per heavy atom. The van der Waals surface area contributed by atoms with E-state index in [9.17, 15) is 5.11 Å². The summed E-state index contributed by atoms with van der Waals surface area (Å²) in [6, 6.07) is 27.9. The molecule has 4 aromatic rings. The number of benzene rings is 3. The fourth-order valence-corrected chi connectivity index (χ4v) is 4.45. The van der Waals surface area contributed by atoms with Crippen LogP contribution >= 0.6 is 11.3 Å². The van der Waals surface area contributed by atoms with Crippen molar-refractivity contribution in [2.24, 2.45) is 5.10 Å². The van der Waals surface area contributed by atoms with E-state index in [1.807, 2.05) is 59.6 Å². The van der Waals surface area contributed by atoms with E-state index in [2.05, 4.69) is 29.6 Å². The minimum atomic E-state index is 0.0422. The van der Waals surface area contributed by atoms with Crippen LogP contribution in [0, 0.1) is 0 Å². The minimum absolute atomic E-state index is 0.0422. The van der Waals surface area contributed by atoms with Crippen LogP contribution in [0.2, 0.25) is 0 Å². The summed E-state index contributed by atoms with van der Waals surface area (Å²) < 4.78 is 0. The second-order valence-corrected chi connectivity index (χ2v) is 7.76. The Bertz CT molecular complexity index is 1150. The van der Waals surface area contributed by atoms with Crippen LogP contribution in [-0.4, -0.2) is 15.8 Å². The monoisotopic (exact) mass is 397 g/mol. The maximum absolute atomic E-state index is 10.3. The van der Waals surface area contributed by atoms with Crippen LogP contribution in [0.25, 0.3) is 11.3 Å². The van der Waals surface area contributed by atoms with Gasteiger partial charge in [-0.15, -0.1) is 11.3 Å². The maximum atomic E-state index is 10.3. The lowest BCUT2D eigenvalue weighted by Crippen LogP contribution is -2.18. The van der Waals surface area contributed by atoms with Crippen LogP contribution in [0.4, 0.5) is 5.13 Å². The van der Waals surface area contributed by atoms with Gasteiger partial charge in [0.15, 0.2) is 0 Å². The largest absolute Gasteiger partial charge is 0.507 e. The predicted octanol–water partition coefficient (Wildman–Crippen LogP) is 5.87. The summed E-state index contributed by atoms with van der Waals surface area (Å²) in [5.74, 6) is 0.254. The molecule has 4 nitrogen and oxygen atoms in total. The number of hydrogen-bond donors (Lipinski definition) is 1. The fraction of sp³-hybridized carbons (Fsp3) is 0.0833. The number of anilines is 1. The molecule has 1 aliphatic heterocycles. The Kier molecular flexibility index (Phi) is 4.58. The van der Waals surface area contributed by atoms with E-state index in [-0.39, 0.29) is 11.8 Å². The summed E-state index contributed by atoms with van der Waals surface area (Å²) in [6.45, 7) is 0. The number of aromatic nitrogens is 1. The average Bonchev–Trinajstić information content (AvgIpc) is 3.43. The molecule has 2 heterocycles. The predicted molar refractivity (Wildman–Crippen MR) is 118 cm³/mol. The number of phenols is 1. The van der Waals surface area contributed by atoms with Crippen molar-refractivity contribution in [2.45, 2.75) is 12.5 Å². The SMILES string of the molecule is Oc1ccccc1C1=NN(c2nc(-c3ccccc3)cs2)[C@H](c2ccccc2)C1. The van der Waals surface area contributed by atoms with Crippen LogP contribution in [0.3, 0.4) is 0 Å². The number of hydrazone groups is 1. The van der Waals surface area contributed by atoms with Crippen molar-refractivity contribution in [2.75, 3.05) is 5.01 Å². The van der Waals surface area contributed by atoms with Gasteiger partial charge in [0, 0.05) is 22.9 Å². The number of rotatable bonds is 4. The van der Waals surface area contributed by atoms with Crippen molar-refractivity contribution in [3.05, 3.63) is 101 Å². The molecule has 0 unspecified atom stereocenters. The van der Waals surface area contributed by atoms with Crippen molar-refractivity contribution in [1.82, 2.24) is 4.98 Å². The first-order valence-electron chi connectivity index (χ1n) is 9.50. The molecule has 0 saturated carbocycles. The zero-order valence-corrected chi connectivity index (χ0v) is 16.5. The molecule has 1 aliphatic rings. The lowest BCUT2D eigenvalue weighted by Gasteiger charge is -2.21. The van der Waals surface area contributed by atoms with Crippen molar-refractivity contribution in [3.63, 3.8) is 0 Å². The highest BCUT2D eigenvalue weighted by atomic mass is 32.1. The van der Waals surface area contributed by atoms with Crippen molar-refractivity contribution in [3.8, 4) is 17.0 Å². The van der Waals surface area contributed by atoms with Gasteiger partial charge in [0.1, 0.15) is 5.75 Å². The molecule has 0 aliphatic carbocycles. The van der Waals surface area contributed by atoms with Crippen LogP contribution in [0.1, 0.15) is 23.6 Å². The van der Waals surface area contributed by atoms with Crippen molar-refractivity contribution >= 4 is 22.2 Å². The molecule has 0 fully saturated rings. The Morgan fingerprint density at radius 1 is 0.862 bits per heavy atom. The lowest BCUT2D eigenvalue weighted by molar-refractivity contribution is 0.474. The molecule has 0 spiro atoms. The van der Waals surface area contributed by atoms with Gasteiger partial charge in [0.05, 0.1) is 17.4 Å². The van der Waals surface area contributed by atoms with E-state index in [0.717, 1.165) is 27.7 Å². The van der Waals surface area contributed by atoms with Gasteiger partial charge in [-0.25, -0.2) is 9.99 Å². The van der Waals surface area contributed by atoms with Gasteiger partial charge in [-0.05, 0) is 17.7 Å². The topological polar surface area (TPSA) is 48.7 Å². The van der Waals surface area contributed by atoms with E-state index in [0.29, 0.717) is 6.42 Å². The molecule has 5 heteroatoms. The normalized spacial score (nSPS) is 16.1. The Balaban J connectivity index is 1.56. The number of para-hydroxylation sites is 1. The summed E-state index contributed by atoms with van der Waals surface area (Å²) in [5, 5.41) is 20.1. The molecule has 3 aromatic carbocycles. The van der Waals surface area contributed by atoms with Crippen molar-refractivity contribution in [1.29, 1.82) is 0 Å². The molecule has 1 N–H and O–H groups in total. The van der Waals surface area contributed by atoms with E-state index in [4.69, 9.17) is 10.1 Å². The minimum Gasteiger partial charge on any atom is -0.507 e. The highest BCUT2D eigenvalue weighted by Gasteiger charge is 2.32. The molecular weight excluding hydrogens is 378 g/mol. The summed E-state index contributed by atoms with van der Waals surface area (Å²) >= 11 is 1.59. The average molecular weight is 398 g/mol. The van der Waals surface area contributed by atoms with Gasteiger partial charge in [-0.1, -0.05) is 72.8 Å². The molecule has 0 amide bonds. The molecule has 0 radical (unpaired) electrons. The van der Waals surface area contributed by atoms with Gasteiger partial charge in [0.2, 0.25) is 5.13 Å². The maximum Gasteiger partial charge on any atom is 0.207 e. The fourth-order valence-electron chi connectivity index (χ4n) is 3.61. The summed E-state index contributed by atoms with van der Waals surface area (Å²) in [4.78, 5) is 4.86. The number of thiazole rings is 1. The highest BCUT2D eigenvalue weighted by molar-refractivity contribution is 7.14. The Hall–Kier alpha value is -3.44. The van der Waals surface area contributed by atoms with Crippen molar-refractivity contribution < 1.29 is 5.11 Å². The first-order valence-corrected chi connectivity index (χ1v) is 10.4. The third kappa shape index (κ3) is 3.41. The van der Waals surface area contributed by atoms with Gasteiger partial charge >= 0.3 is 0 Å². The Labute approximate surface area is 173 Å². The summed E-state index contributed by atoms with van der Waals surface area (Å²) in [6.07, 6.45) is 0.710. The van der Waals surface area contributed by atoms with Gasteiger partial charge < -0.3 is 5.11 Å². The van der Waals surface area contributed by atoms with Crippen LogP contribution in [-0.2, 0) is 0 Å². The molecule has 5 rings (SSSR count). The summed E-state index contributed by atoms with van der Waals surface area (Å²) in [5.41, 5.74) is 4.86. The summed E-state index contributed by atoms with van der Waals surface area (Å²) in [7, 11) is 0. The molecule has 1 atom stereocenters. The second kappa shape index (κ2) is 7.53. The molecule has 1 aromatic heterocycles. The molecule has 0 saturated heterocycles. The lowest BCUT2D eigenvalue weighted by atomic mass is 9.98. The molecule has 0 bridgehead atoms. The molecule has 142 valence electrons. The third-order valence-electron chi connectivity index (χ3n) is 5.07. The Morgan fingerprint density at radius 3 is 2.31 bits per heavy atom. The zero-order valence-electron chi connectivity index (χ0n) is 15.6. The van der Waals surface area contributed by atoms with E-state index in [1.54, 1.807) is 17.4 Å². The molecule has 29 heavy (non-hydrogen) atoms. The third-order valence-corrected chi connectivity index (χ3v) is 5.90. The first kappa shape index (κ1) is 17.6. The van der Waals surface area contributed by atoms with Gasteiger partial charge in [-0.3, -0.25) is 0 Å². The highest BCUT2D eigenvalue weighted by Crippen LogP contribution is 2.40. The van der Waals surface area contributed by atoms with Gasteiger partial charge in [0.25, 0.3) is 0 Å².